The van der Waals surface area contributed by atoms with Crippen molar-refractivity contribution >= 4 is 11.5 Å². The smallest absolute Gasteiger partial charge is 0.311 e. The van der Waals surface area contributed by atoms with Gasteiger partial charge in [-0.25, -0.2) is 4.98 Å². The van der Waals surface area contributed by atoms with E-state index in [2.05, 4.69) is 10.3 Å². The predicted octanol–water partition coefficient (Wildman–Crippen LogP) is 1.86. The van der Waals surface area contributed by atoms with E-state index < -0.39 is 10.7 Å². The number of aryl methyl sites for hydroxylation is 1. The highest BCUT2D eigenvalue weighted by atomic mass is 16.7. The van der Waals surface area contributed by atoms with Crippen LogP contribution in [0.25, 0.3) is 0 Å². The first kappa shape index (κ1) is 13.7. The molecule has 1 N–H and O–H groups in total. The number of rotatable bonds is 4. The SMILES string of the molecule is Cc1ccc([N+](=O)[O-])c(NCC2COC(C)(C)O2)n1. The zero-order valence-corrected chi connectivity index (χ0v) is 11.2. The van der Waals surface area contributed by atoms with Crippen molar-refractivity contribution in [1.29, 1.82) is 0 Å². The summed E-state index contributed by atoms with van der Waals surface area (Å²) in [7, 11) is 0. The molecule has 0 bridgehead atoms. The summed E-state index contributed by atoms with van der Waals surface area (Å²) in [6.45, 7) is 6.33. The van der Waals surface area contributed by atoms with Crippen molar-refractivity contribution in [3.05, 3.63) is 27.9 Å². The Morgan fingerprint density at radius 2 is 2.32 bits per heavy atom. The first-order chi connectivity index (χ1) is 8.87. The van der Waals surface area contributed by atoms with E-state index in [0.717, 1.165) is 5.69 Å². The summed E-state index contributed by atoms with van der Waals surface area (Å²) < 4.78 is 11.0. The Bertz CT molecular complexity index is 490. The molecule has 0 amide bonds. The van der Waals surface area contributed by atoms with Crippen LogP contribution in [0.2, 0.25) is 0 Å². The monoisotopic (exact) mass is 267 g/mol. The summed E-state index contributed by atoms with van der Waals surface area (Å²) in [5, 5.41) is 13.9. The van der Waals surface area contributed by atoms with Gasteiger partial charge in [-0.05, 0) is 26.8 Å². The molecule has 19 heavy (non-hydrogen) atoms. The number of pyridine rings is 1. The molecule has 104 valence electrons. The van der Waals surface area contributed by atoms with E-state index in [4.69, 9.17) is 9.47 Å². The molecule has 0 aromatic carbocycles. The van der Waals surface area contributed by atoms with Crippen molar-refractivity contribution in [3.8, 4) is 0 Å². The van der Waals surface area contributed by atoms with Gasteiger partial charge in [0.05, 0.1) is 11.5 Å². The van der Waals surface area contributed by atoms with Crippen molar-refractivity contribution in [2.45, 2.75) is 32.7 Å². The molecule has 2 rings (SSSR count). The lowest BCUT2D eigenvalue weighted by Gasteiger charge is -2.17. The van der Waals surface area contributed by atoms with Gasteiger partial charge in [-0.2, -0.15) is 0 Å². The maximum absolute atomic E-state index is 10.9. The van der Waals surface area contributed by atoms with Crippen LogP contribution in [0.5, 0.6) is 0 Å². The second kappa shape index (κ2) is 5.10. The summed E-state index contributed by atoms with van der Waals surface area (Å²) in [4.78, 5) is 14.6. The van der Waals surface area contributed by atoms with Crippen molar-refractivity contribution in [3.63, 3.8) is 0 Å². The number of hydrogen-bond donors (Lipinski definition) is 1. The van der Waals surface area contributed by atoms with Gasteiger partial charge >= 0.3 is 5.69 Å². The molecule has 1 aromatic heterocycles. The number of ether oxygens (including phenoxy) is 2. The third-order valence-electron chi connectivity index (χ3n) is 2.77. The molecule has 0 aliphatic carbocycles. The lowest BCUT2D eigenvalue weighted by molar-refractivity contribution is -0.384. The fraction of sp³-hybridized carbons (Fsp3) is 0.583. The Balaban J connectivity index is 2.03. The first-order valence-corrected chi connectivity index (χ1v) is 6.05. The summed E-state index contributed by atoms with van der Waals surface area (Å²) in [5.41, 5.74) is 0.681. The minimum absolute atomic E-state index is 0.0382. The average Bonchev–Trinajstić information content (AvgIpc) is 2.66. The van der Waals surface area contributed by atoms with Gasteiger partial charge in [0.15, 0.2) is 5.79 Å². The molecule has 1 aliphatic rings. The summed E-state index contributed by atoms with van der Waals surface area (Å²) in [5.74, 6) is -0.337. The number of hydrogen-bond acceptors (Lipinski definition) is 6. The number of anilines is 1. The van der Waals surface area contributed by atoms with E-state index in [1.54, 1.807) is 13.0 Å². The minimum atomic E-state index is -0.599. The van der Waals surface area contributed by atoms with E-state index in [0.29, 0.717) is 13.2 Å². The van der Waals surface area contributed by atoms with E-state index in [9.17, 15) is 10.1 Å². The molecule has 1 unspecified atom stereocenters. The molecule has 1 atom stereocenters. The third kappa shape index (κ3) is 3.39. The number of nitrogens with one attached hydrogen (secondary N) is 1. The number of nitro groups is 1. The Hall–Kier alpha value is -1.73. The van der Waals surface area contributed by atoms with Crippen LogP contribution in [0.3, 0.4) is 0 Å². The molecular formula is C12H17N3O4. The maximum atomic E-state index is 10.9. The number of aromatic nitrogens is 1. The van der Waals surface area contributed by atoms with Crippen LogP contribution >= 0.6 is 0 Å². The summed E-state index contributed by atoms with van der Waals surface area (Å²) in [6.07, 6.45) is -0.142. The highest BCUT2D eigenvalue weighted by molar-refractivity contribution is 5.56. The Labute approximate surface area is 111 Å². The third-order valence-corrected chi connectivity index (χ3v) is 2.77. The molecule has 0 spiro atoms. The van der Waals surface area contributed by atoms with Crippen LogP contribution in [0.15, 0.2) is 12.1 Å². The topological polar surface area (TPSA) is 86.5 Å². The maximum Gasteiger partial charge on any atom is 0.311 e. The molecule has 1 fully saturated rings. The van der Waals surface area contributed by atoms with E-state index in [1.807, 2.05) is 13.8 Å². The summed E-state index contributed by atoms with van der Waals surface area (Å²) >= 11 is 0. The van der Waals surface area contributed by atoms with Gasteiger partial charge in [0.1, 0.15) is 6.10 Å². The van der Waals surface area contributed by atoms with Crippen LogP contribution < -0.4 is 5.32 Å². The lowest BCUT2D eigenvalue weighted by Crippen LogP contribution is -2.26. The first-order valence-electron chi connectivity index (χ1n) is 6.05. The van der Waals surface area contributed by atoms with Crippen molar-refractivity contribution in [2.24, 2.45) is 0 Å². The van der Waals surface area contributed by atoms with Crippen LogP contribution in [0.1, 0.15) is 19.5 Å². The Morgan fingerprint density at radius 1 is 1.58 bits per heavy atom. The average molecular weight is 267 g/mol. The van der Waals surface area contributed by atoms with Crippen molar-refractivity contribution in [2.75, 3.05) is 18.5 Å². The van der Waals surface area contributed by atoms with Gasteiger partial charge < -0.3 is 14.8 Å². The van der Waals surface area contributed by atoms with Crippen molar-refractivity contribution in [1.82, 2.24) is 4.98 Å². The van der Waals surface area contributed by atoms with Crippen LogP contribution in [0, 0.1) is 17.0 Å². The summed E-state index contributed by atoms with van der Waals surface area (Å²) in [6, 6.07) is 3.06. The zero-order valence-electron chi connectivity index (χ0n) is 11.2. The van der Waals surface area contributed by atoms with Gasteiger partial charge in [0.2, 0.25) is 5.82 Å². The van der Waals surface area contributed by atoms with Gasteiger partial charge in [-0.15, -0.1) is 0 Å². The van der Waals surface area contributed by atoms with Gasteiger partial charge in [0.25, 0.3) is 0 Å². The van der Waals surface area contributed by atoms with E-state index in [1.165, 1.54) is 6.07 Å². The zero-order chi connectivity index (χ0) is 14.0. The fourth-order valence-corrected chi connectivity index (χ4v) is 1.90. The number of nitrogens with zero attached hydrogens (tertiary/aromatic N) is 2. The van der Waals surface area contributed by atoms with Gasteiger partial charge in [-0.3, -0.25) is 10.1 Å². The highest BCUT2D eigenvalue weighted by Crippen LogP contribution is 2.25. The second-order valence-corrected chi connectivity index (χ2v) is 4.91. The largest absolute Gasteiger partial charge is 0.362 e. The minimum Gasteiger partial charge on any atom is -0.362 e. The fourth-order valence-electron chi connectivity index (χ4n) is 1.90. The highest BCUT2D eigenvalue weighted by Gasteiger charge is 2.32. The molecule has 1 saturated heterocycles. The molecule has 0 radical (unpaired) electrons. The molecule has 0 saturated carbocycles. The normalized spacial score (nSPS) is 21.3. The molecular weight excluding hydrogens is 250 g/mol. The molecule has 1 aromatic rings. The molecule has 7 nitrogen and oxygen atoms in total. The van der Waals surface area contributed by atoms with Crippen LogP contribution in [0.4, 0.5) is 11.5 Å². The van der Waals surface area contributed by atoms with Crippen LogP contribution in [-0.2, 0) is 9.47 Å². The standard InChI is InChI=1S/C12H17N3O4/c1-8-4-5-10(15(16)17)11(14-8)13-6-9-7-18-12(2,3)19-9/h4-5,9H,6-7H2,1-3H3,(H,13,14). The Morgan fingerprint density at radius 3 is 2.89 bits per heavy atom. The van der Waals surface area contributed by atoms with E-state index >= 15 is 0 Å². The molecule has 7 heteroatoms. The van der Waals surface area contributed by atoms with Crippen LogP contribution in [-0.4, -0.2) is 35.0 Å². The van der Waals surface area contributed by atoms with Gasteiger partial charge in [0, 0.05) is 18.3 Å². The quantitative estimate of drug-likeness (QED) is 0.662. The molecule has 2 heterocycles. The Kier molecular flexibility index (Phi) is 3.68. The molecule has 1 aliphatic heterocycles. The van der Waals surface area contributed by atoms with E-state index in [-0.39, 0.29) is 17.6 Å². The lowest BCUT2D eigenvalue weighted by atomic mass is 10.3. The predicted molar refractivity (Wildman–Crippen MR) is 69.0 cm³/mol. The van der Waals surface area contributed by atoms with Gasteiger partial charge in [-0.1, -0.05) is 0 Å². The van der Waals surface area contributed by atoms with Crippen molar-refractivity contribution < 1.29 is 14.4 Å². The second-order valence-electron chi connectivity index (χ2n) is 4.91.